The van der Waals surface area contributed by atoms with Crippen LogP contribution in [0.1, 0.15) is 51.3 Å². The lowest BCUT2D eigenvalue weighted by atomic mass is 10.0. The molecule has 2 aromatic rings. The number of carbonyl (C=O) groups is 1. The fourth-order valence-electron chi connectivity index (χ4n) is 2.52. The zero-order valence-corrected chi connectivity index (χ0v) is 14.4. The minimum Gasteiger partial charge on any atom is -0.388 e. The van der Waals surface area contributed by atoms with Crippen LogP contribution in [0.2, 0.25) is 0 Å². The number of carbonyl (C=O) groups excluding carboxylic acids is 1. The number of aliphatic hydroxyl groups is 1. The Kier molecular flexibility index (Phi) is 6.37. The number of hydrogen-bond acceptors (Lipinski definition) is 3. The van der Waals surface area contributed by atoms with Gasteiger partial charge in [0, 0.05) is 12.1 Å². The zero-order chi connectivity index (χ0) is 17.5. The third kappa shape index (κ3) is 4.83. The molecule has 6 heteroatoms. The highest BCUT2D eigenvalue weighted by atomic mass is 16.3. The van der Waals surface area contributed by atoms with Gasteiger partial charge >= 0.3 is 6.03 Å². The Morgan fingerprint density at radius 2 is 1.96 bits per heavy atom. The summed E-state index contributed by atoms with van der Waals surface area (Å²) < 4.78 is 1.79. The number of aliphatic hydroxyl groups excluding tert-OH is 1. The van der Waals surface area contributed by atoms with E-state index in [1.165, 1.54) is 0 Å². The SMILES string of the molecule is CCC(C)n1nccc1NC(=O)NC(C)CC(O)c1ccccc1. The Morgan fingerprint density at radius 1 is 1.25 bits per heavy atom. The van der Waals surface area contributed by atoms with E-state index in [9.17, 15) is 9.90 Å². The van der Waals surface area contributed by atoms with Crippen LogP contribution in [0.25, 0.3) is 0 Å². The van der Waals surface area contributed by atoms with Crippen molar-refractivity contribution in [3.05, 3.63) is 48.2 Å². The molecular weight excluding hydrogens is 304 g/mol. The average Bonchev–Trinajstić information content (AvgIpc) is 3.02. The number of hydrogen-bond donors (Lipinski definition) is 3. The van der Waals surface area contributed by atoms with Crippen LogP contribution in [0.4, 0.5) is 10.6 Å². The Hall–Kier alpha value is -2.34. The first-order valence-electron chi connectivity index (χ1n) is 8.35. The normalized spacial score (nSPS) is 14.7. The molecule has 3 unspecified atom stereocenters. The molecule has 1 heterocycles. The molecule has 0 aliphatic carbocycles. The summed E-state index contributed by atoms with van der Waals surface area (Å²) >= 11 is 0. The quantitative estimate of drug-likeness (QED) is 0.727. The van der Waals surface area contributed by atoms with Crippen LogP contribution < -0.4 is 10.6 Å². The smallest absolute Gasteiger partial charge is 0.320 e. The highest BCUT2D eigenvalue weighted by molar-refractivity contribution is 5.88. The van der Waals surface area contributed by atoms with Crippen molar-refractivity contribution in [3.8, 4) is 0 Å². The van der Waals surface area contributed by atoms with E-state index in [1.807, 2.05) is 37.3 Å². The van der Waals surface area contributed by atoms with Crippen LogP contribution in [-0.2, 0) is 0 Å². The number of amides is 2. The van der Waals surface area contributed by atoms with Gasteiger partial charge in [0.15, 0.2) is 0 Å². The maximum atomic E-state index is 12.2. The van der Waals surface area contributed by atoms with Gasteiger partial charge in [-0.3, -0.25) is 5.32 Å². The first-order chi connectivity index (χ1) is 11.5. The van der Waals surface area contributed by atoms with Gasteiger partial charge in [-0.25, -0.2) is 9.48 Å². The number of nitrogens with zero attached hydrogens (tertiary/aromatic N) is 2. The minimum absolute atomic E-state index is 0.167. The molecule has 2 rings (SSSR count). The molecule has 1 aromatic heterocycles. The Bertz CT molecular complexity index is 641. The molecule has 0 fully saturated rings. The predicted molar refractivity (Wildman–Crippen MR) is 94.9 cm³/mol. The molecule has 3 N–H and O–H groups in total. The highest BCUT2D eigenvalue weighted by Gasteiger charge is 2.16. The summed E-state index contributed by atoms with van der Waals surface area (Å²) in [6, 6.07) is 11.0. The van der Waals surface area contributed by atoms with Gasteiger partial charge < -0.3 is 10.4 Å². The maximum absolute atomic E-state index is 12.2. The largest absolute Gasteiger partial charge is 0.388 e. The van der Waals surface area contributed by atoms with Crippen molar-refractivity contribution >= 4 is 11.8 Å². The first-order valence-corrected chi connectivity index (χ1v) is 8.35. The van der Waals surface area contributed by atoms with Gasteiger partial charge in [-0.15, -0.1) is 0 Å². The molecule has 0 aliphatic rings. The standard InChI is InChI=1S/C18H26N4O2/c1-4-14(3)22-17(10-11-19-22)21-18(24)20-13(2)12-16(23)15-8-6-5-7-9-15/h5-11,13-14,16,23H,4,12H2,1-3H3,(H2,20,21,24). The van der Waals surface area contributed by atoms with Crippen LogP contribution in [0.3, 0.4) is 0 Å². The van der Waals surface area contributed by atoms with E-state index < -0.39 is 6.10 Å². The monoisotopic (exact) mass is 330 g/mol. The molecule has 6 nitrogen and oxygen atoms in total. The molecule has 0 radical (unpaired) electrons. The van der Waals surface area contributed by atoms with E-state index in [0.29, 0.717) is 12.2 Å². The summed E-state index contributed by atoms with van der Waals surface area (Å²) in [5.41, 5.74) is 0.849. The van der Waals surface area contributed by atoms with Crippen molar-refractivity contribution in [2.45, 2.75) is 51.8 Å². The van der Waals surface area contributed by atoms with Gasteiger partial charge in [0.25, 0.3) is 0 Å². The van der Waals surface area contributed by atoms with Crippen molar-refractivity contribution in [2.75, 3.05) is 5.32 Å². The van der Waals surface area contributed by atoms with Crippen molar-refractivity contribution in [1.29, 1.82) is 0 Å². The molecule has 0 saturated heterocycles. The number of aromatic nitrogens is 2. The Labute approximate surface area is 142 Å². The summed E-state index contributed by atoms with van der Waals surface area (Å²) in [5.74, 6) is 0.664. The second-order valence-corrected chi connectivity index (χ2v) is 6.08. The third-order valence-electron chi connectivity index (χ3n) is 4.06. The number of anilines is 1. The average molecular weight is 330 g/mol. The van der Waals surface area contributed by atoms with E-state index in [1.54, 1.807) is 16.9 Å². The fourth-order valence-corrected chi connectivity index (χ4v) is 2.52. The number of rotatable bonds is 7. The third-order valence-corrected chi connectivity index (χ3v) is 4.06. The summed E-state index contributed by atoms with van der Waals surface area (Å²) in [4.78, 5) is 12.2. The van der Waals surface area contributed by atoms with E-state index in [0.717, 1.165) is 12.0 Å². The summed E-state index contributed by atoms with van der Waals surface area (Å²) in [5, 5.41) is 20.1. The molecule has 3 atom stereocenters. The van der Waals surface area contributed by atoms with Gasteiger partial charge in [-0.05, 0) is 32.3 Å². The lowest BCUT2D eigenvalue weighted by Crippen LogP contribution is -2.37. The number of urea groups is 1. The van der Waals surface area contributed by atoms with Gasteiger partial charge in [-0.2, -0.15) is 5.10 Å². The van der Waals surface area contributed by atoms with Crippen LogP contribution >= 0.6 is 0 Å². The molecule has 0 spiro atoms. The maximum Gasteiger partial charge on any atom is 0.320 e. The van der Waals surface area contributed by atoms with Crippen LogP contribution in [-0.4, -0.2) is 27.0 Å². The molecule has 0 aliphatic heterocycles. The van der Waals surface area contributed by atoms with Crippen molar-refractivity contribution in [1.82, 2.24) is 15.1 Å². The van der Waals surface area contributed by atoms with Crippen molar-refractivity contribution in [2.24, 2.45) is 0 Å². The summed E-state index contributed by atoms with van der Waals surface area (Å²) in [6.07, 6.45) is 2.44. The number of nitrogens with one attached hydrogen (secondary N) is 2. The lowest BCUT2D eigenvalue weighted by molar-refractivity contribution is 0.155. The Morgan fingerprint density at radius 3 is 2.62 bits per heavy atom. The highest BCUT2D eigenvalue weighted by Crippen LogP contribution is 2.18. The predicted octanol–water partition coefficient (Wildman–Crippen LogP) is 3.49. The van der Waals surface area contributed by atoms with Crippen LogP contribution in [0.15, 0.2) is 42.6 Å². The van der Waals surface area contributed by atoms with Crippen molar-refractivity contribution in [3.63, 3.8) is 0 Å². The molecule has 24 heavy (non-hydrogen) atoms. The molecule has 130 valence electrons. The molecule has 2 amide bonds. The summed E-state index contributed by atoms with van der Waals surface area (Å²) in [7, 11) is 0. The van der Waals surface area contributed by atoms with Crippen LogP contribution in [0, 0.1) is 0 Å². The van der Waals surface area contributed by atoms with E-state index in [4.69, 9.17) is 0 Å². The zero-order valence-electron chi connectivity index (χ0n) is 14.4. The minimum atomic E-state index is -0.604. The fraction of sp³-hybridized carbons (Fsp3) is 0.444. The first kappa shape index (κ1) is 18.0. The van der Waals surface area contributed by atoms with E-state index >= 15 is 0 Å². The summed E-state index contributed by atoms with van der Waals surface area (Å²) in [6.45, 7) is 6.00. The Balaban J connectivity index is 1.87. The van der Waals surface area contributed by atoms with Gasteiger partial charge in [0.1, 0.15) is 5.82 Å². The van der Waals surface area contributed by atoms with Gasteiger partial charge in [0.05, 0.1) is 18.3 Å². The molecule has 0 bridgehead atoms. The van der Waals surface area contributed by atoms with Crippen molar-refractivity contribution < 1.29 is 9.90 Å². The van der Waals surface area contributed by atoms with Gasteiger partial charge in [0.2, 0.25) is 0 Å². The lowest BCUT2D eigenvalue weighted by Gasteiger charge is -2.19. The van der Waals surface area contributed by atoms with E-state index in [-0.39, 0.29) is 18.1 Å². The van der Waals surface area contributed by atoms with Crippen LogP contribution in [0.5, 0.6) is 0 Å². The molecule has 1 aromatic carbocycles. The second kappa shape index (κ2) is 8.49. The molecule has 0 saturated carbocycles. The van der Waals surface area contributed by atoms with Gasteiger partial charge in [-0.1, -0.05) is 37.3 Å². The second-order valence-electron chi connectivity index (χ2n) is 6.08. The topological polar surface area (TPSA) is 79.2 Å². The van der Waals surface area contributed by atoms with E-state index in [2.05, 4.69) is 29.6 Å². The molecular formula is C18H26N4O2. The number of benzene rings is 1.